The molecule has 1 aliphatic heterocycles. The monoisotopic (exact) mass is 650 g/mol. The summed E-state index contributed by atoms with van der Waals surface area (Å²) in [5.74, 6) is -0.973. The Kier molecular flexibility index (Phi) is 11.6. The lowest BCUT2D eigenvalue weighted by Gasteiger charge is -2.32. The second-order valence-electron chi connectivity index (χ2n) is 11.2. The van der Waals surface area contributed by atoms with Crippen molar-refractivity contribution in [3.05, 3.63) is 64.9 Å². The van der Waals surface area contributed by atoms with Crippen LogP contribution in [0.2, 0.25) is 5.02 Å². The molecule has 3 aromatic rings. The number of carbonyl (C=O) groups is 3. The molecule has 14 heteroatoms. The first-order valence-corrected chi connectivity index (χ1v) is 14.3. The molecule has 0 aliphatic carbocycles. The zero-order valence-corrected chi connectivity index (χ0v) is 26.7. The smallest absolute Gasteiger partial charge is 0.408 e. The van der Waals surface area contributed by atoms with Crippen molar-refractivity contribution in [3.63, 3.8) is 0 Å². The van der Waals surface area contributed by atoms with Gasteiger partial charge in [0.25, 0.3) is 0 Å². The number of amides is 3. The summed E-state index contributed by atoms with van der Waals surface area (Å²) in [6, 6.07) is 9.00. The number of nitrogens with one attached hydrogen (secondary N) is 3. The van der Waals surface area contributed by atoms with Gasteiger partial charge < -0.3 is 30.2 Å². The molecule has 0 radical (unpaired) electrons. The summed E-state index contributed by atoms with van der Waals surface area (Å²) >= 11 is 5.85. The van der Waals surface area contributed by atoms with Crippen LogP contribution in [0.3, 0.4) is 0 Å². The second-order valence-corrected chi connectivity index (χ2v) is 11.6. The van der Waals surface area contributed by atoms with Crippen LogP contribution >= 0.6 is 25.1 Å². The second kappa shape index (κ2) is 14.8. The molecule has 2 heterocycles. The Morgan fingerprint density at radius 2 is 1.86 bits per heavy atom. The third-order valence-corrected chi connectivity index (χ3v) is 6.82. The van der Waals surface area contributed by atoms with Crippen LogP contribution < -0.4 is 16.0 Å². The molecule has 0 spiro atoms. The lowest BCUT2D eigenvalue weighted by atomic mass is 10.1. The predicted molar refractivity (Wildman–Crippen MR) is 169 cm³/mol. The van der Waals surface area contributed by atoms with Crippen LogP contribution in [0.1, 0.15) is 46.4 Å². The van der Waals surface area contributed by atoms with Crippen LogP contribution in [0.15, 0.2) is 42.5 Å². The molecule has 0 saturated carbocycles. The number of ether oxygens (including phenoxy) is 1. The van der Waals surface area contributed by atoms with Gasteiger partial charge in [0.2, 0.25) is 11.8 Å². The van der Waals surface area contributed by atoms with Crippen LogP contribution in [0.5, 0.6) is 0 Å². The number of imidazole rings is 1. The van der Waals surface area contributed by atoms with Gasteiger partial charge in [0.05, 0.1) is 18.0 Å². The molecule has 10 nitrogen and oxygen atoms in total. The Hall–Kier alpha value is -3.84. The Labute approximate surface area is 266 Å². The van der Waals surface area contributed by atoms with Crippen LogP contribution in [-0.4, -0.2) is 57.1 Å². The zero-order valence-electron chi connectivity index (χ0n) is 25.0. The summed E-state index contributed by atoms with van der Waals surface area (Å²) in [4.78, 5) is 45.1. The molecular weight excluding hydrogens is 614 g/mol. The van der Waals surface area contributed by atoms with Gasteiger partial charge in [0, 0.05) is 30.9 Å². The number of rotatable bonds is 9. The van der Waals surface area contributed by atoms with E-state index in [0.29, 0.717) is 41.6 Å². The van der Waals surface area contributed by atoms with Gasteiger partial charge in [-0.05, 0) is 57.5 Å². The normalized spacial score (nSPS) is 13.3. The van der Waals surface area contributed by atoms with E-state index in [1.165, 1.54) is 29.2 Å². The maximum Gasteiger partial charge on any atom is 0.408 e. The minimum absolute atomic E-state index is 0. The number of alkyl carbamates (subject to hydrolysis) is 1. The number of carbonyl (C=O) groups excluding carboxylic acids is 3. The lowest BCUT2D eigenvalue weighted by Crippen LogP contribution is -2.53. The summed E-state index contributed by atoms with van der Waals surface area (Å²) in [7, 11) is 0. The highest BCUT2D eigenvalue weighted by atomic mass is 35.5. The number of hydrogen-bond acceptors (Lipinski definition) is 6. The average Bonchev–Trinajstić information content (AvgIpc) is 3.29. The van der Waals surface area contributed by atoms with Crippen molar-refractivity contribution in [2.75, 3.05) is 18.4 Å². The third kappa shape index (κ3) is 8.85. The number of fused-ring (bicyclic) bond motifs is 1. The molecule has 4 rings (SSSR count). The van der Waals surface area contributed by atoms with E-state index in [4.69, 9.17) is 21.3 Å². The van der Waals surface area contributed by atoms with E-state index in [1.54, 1.807) is 39.0 Å². The molecule has 3 amide bonds. The number of nitrogens with zero attached hydrogens (tertiary/aromatic N) is 3. The van der Waals surface area contributed by atoms with Gasteiger partial charge in [-0.2, -0.15) is 13.5 Å². The summed E-state index contributed by atoms with van der Waals surface area (Å²) in [5.41, 5.74) is 0.484. The average molecular weight is 651 g/mol. The first kappa shape index (κ1) is 34.6. The largest absolute Gasteiger partial charge is 0.444 e. The lowest BCUT2D eigenvalue weighted by molar-refractivity contribution is -0.137. The van der Waals surface area contributed by atoms with Crippen molar-refractivity contribution in [2.45, 2.75) is 65.3 Å². The van der Waals surface area contributed by atoms with Gasteiger partial charge in [-0.3, -0.25) is 9.59 Å². The summed E-state index contributed by atoms with van der Waals surface area (Å²) in [6.07, 6.45) is -0.375. The van der Waals surface area contributed by atoms with E-state index < -0.39 is 35.3 Å². The highest BCUT2D eigenvalue weighted by Crippen LogP contribution is 2.34. The molecular formula is C30H37ClF2N6O4S. The van der Waals surface area contributed by atoms with Crippen molar-refractivity contribution in [2.24, 2.45) is 0 Å². The fraction of sp³-hybridized carbons (Fsp3) is 0.400. The Morgan fingerprint density at radius 1 is 1.11 bits per heavy atom. The SMILES string of the molecule is CCCNC(=O)C[C@H](NC(=O)OC(C)(C)C)C(=O)N1CCn2c(nc(-c3cccc(F)c3)c2Nc2ccc(Cl)c(F)c2)C1.S. The zero-order chi connectivity index (χ0) is 31.3. The van der Waals surface area contributed by atoms with Gasteiger partial charge in [0.1, 0.15) is 40.6 Å². The molecule has 0 fully saturated rings. The number of hydrogen-bond donors (Lipinski definition) is 3. The quantitative estimate of drug-likeness (QED) is 0.282. The molecule has 44 heavy (non-hydrogen) atoms. The van der Waals surface area contributed by atoms with E-state index >= 15 is 0 Å². The van der Waals surface area contributed by atoms with Gasteiger partial charge in [0.15, 0.2) is 0 Å². The molecule has 0 bridgehead atoms. The Morgan fingerprint density at radius 3 is 2.52 bits per heavy atom. The standard InChI is InChI=1S/C30H35ClF2N6O4.H2S/c1-5-11-34-25(40)16-23(36-29(42)43-30(2,3)4)28(41)38-12-13-39-24(17-38)37-26(18-7-6-8-19(32)14-18)27(39)35-20-9-10-21(31)22(33)15-20;/h6-10,14-15,23,35H,5,11-13,16-17H2,1-4H3,(H,34,40)(H,36,42);1H2/t23-;/m0./s1. The molecule has 3 N–H and O–H groups in total. The van der Waals surface area contributed by atoms with Crippen molar-refractivity contribution in [1.82, 2.24) is 25.1 Å². The van der Waals surface area contributed by atoms with Crippen LogP contribution in [-0.2, 0) is 27.4 Å². The van der Waals surface area contributed by atoms with Gasteiger partial charge in [-0.25, -0.2) is 18.6 Å². The summed E-state index contributed by atoms with van der Waals surface area (Å²) in [6.45, 7) is 7.97. The number of aromatic nitrogens is 2. The van der Waals surface area contributed by atoms with Gasteiger partial charge >= 0.3 is 6.09 Å². The first-order valence-electron chi connectivity index (χ1n) is 14.0. The highest BCUT2D eigenvalue weighted by molar-refractivity contribution is 7.59. The first-order chi connectivity index (χ1) is 20.3. The number of benzene rings is 2. The van der Waals surface area contributed by atoms with Crippen LogP contribution in [0.4, 0.5) is 25.1 Å². The highest BCUT2D eigenvalue weighted by Gasteiger charge is 2.33. The van der Waals surface area contributed by atoms with E-state index in [-0.39, 0.29) is 50.5 Å². The topological polar surface area (TPSA) is 118 Å². The molecule has 238 valence electrons. The molecule has 1 aliphatic rings. The maximum atomic E-state index is 14.2. The number of anilines is 2. The minimum atomic E-state index is -1.18. The van der Waals surface area contributed by atoms with Crippen LogP contribution in [0.25, 0.3) is 11.3 Å². The molecule has 0 saturated heterocycles. The molecule has 0 unspecified atom stereocenters. The van der Waals surface area contributed by atoms with Crippen LogP contribution in [0, 0.1) is 11.6 Å². The molecule has 1 atom stereocenters. The van der Waals surface area contributed by atoms with E-state index in [2.05, 4.69) is 16.0 Å². The summed E-state index contributed by atoms with van der Waals surface area (Å²) in [5, 5.41) is 8.43. The maximum absolute atomic E-state index is 14.2. The minimum Gasteiger partial charge on any atom is -0.444 e. The summed E-state index contributed by atoms with van der Waals surface area (Å²) < 4.78 is 35.6. The predicted octanol–water partition coefficient (Wildman–Crippen LogP) is 5.49. The fourth-order valence-corrected chi connectivity index (χ4v) is 4.70. The van der Waals surface area contributed by atoms with E-state index in [0.717, 1.165) is 0 Å². The van der Waals surface area contributed by atoms with Crippen molar-refractivity contribution in [1.29, 1.82) is 0 Å². The van der Waals surface area contributed by atoms with Crippen molar-refractivity contribution in [3.8, 4) is 11.3 Å². The Bertz CT molecular complexity index is 1510. The molecule has 1 aromatic heterocycles. The van der Waals surface area contributed by atoms with E-state index in [9.17, 15) is 23.2 Å². The van der Waals surface area contributed by atoms with E-state index in [1.807, 2.05) is 11.5 Å². The van der Waals surface area contributed by atoms with Gasteiger partial charge in [-0.1, -0.05) is 30.7 Å². The Balaban J connectivity index is 0.00000529. The van der Waals surface area contributed by atoms with Crippen molar-refractivity contribution >= 4 is 54.5 Å². The molecule has 2 aromatic carbocycles. The fourth-order valence-electron chi connectivity index (χ4n) is 4.59. The third-order valence-electron chi connectivity index (χ3n) is 6.52. The van der Waals surface area contributed by atoms with Crippen molar-refractivity contribution < 1.29 is 27.9 Å². The van der Waals surface area contributed by atoms with Gasteiger partial charge in [-0.15, -0.1) is 0 Å². The number of halogens is 3.